The highest BCUT2D eigenvalue weighted by Gasteiger charge is 2.19. The Morgan fingerprint density at radius 2 is 1.34 bits per heavy atom. The third-order valence-electron chi connectivity index (χ3n) is 3.84. The van der Waals surface area contributed by atoms with Crippen molar-refractivity contribution in [1.82, 2.24) is 9.80 Å². The molecule has 8 nitrogen and oxygen atoms in total. The zero-order chi connectivity index (χ0) is 24.4. The van der Waals surface area contributed by atoms with Gasteiger partial charge in [0, 0.05) is 25.2 Å². The van der Waals surface area contributed by atoms with Crippen LogP contribution in [0.3, 0.4) is 0 Å². The van der Waals surface area contributed by atoms with E-state index in [2.05, 4.69) is 31.9 Å². The lowest BCUT2D eigenvalue weighted by Gasteiger charge is -2.12. The molecule has 0 saturated heterocycles. The van der Waals surface area contributed by atoms with E-state index in [1.807, 2.05) is 38.0 Å². The topological polar surface area (TPSA) is 94.1 Å². The zero-order valence-corrected chi connectivity index (χ0v) is 21.4. The summed E-state index contributed by atoms with van der Waals surface area (Å²) < 4.78 is 37.4. The van der Waals surface area contributed by atoms with Crippen molar-refractivity contribution < 1.29 is 23.2 Å². The molecule has 0 saturated carbocycles. The number of nitro benzene ring substituents is 1. The number of nitrogens with zero attached hydrogens (tertiary/aromatic N) is 3. The van der Waals surface area contributed by atoms with Crippen LogP contribution in [0.2, 0.25) is 0 Å². The van der Waals surface area contributed by atoms with Gasteiger partial charge in [-0.15, -0.1) is 0 Å². The van der Waals surface area contributed by atoms with Crippen molar-refractivity contribution in [2.45, 2.75) is 0 Å². The van der Waals surface area contributed by atoms with Crippen LogP contribution in [0.5, 0.6) is 11.5 Å². The van der Waals surface area contributed by atoms with E-state index in [4.69, 9.17) is 15.2 Å². The molecule has 0 aromatic heterocycles. The van der Waals surface area contributed by atoms with E-state index in [0.29, 0.717) is 35.7 Å². The highest BCUT2D eigenvalue weighted by Crippen LogP contribution is 2.32. The number of hydrogen-bond acceptors (Lipinski definition) is 7. The smallest absolute Gasteiger partial charge is 0.313 e. The molecule has 0 spiro atoms. The molecule has 0 aliphatic rings. The third kappa shape index (κ3) is 9.63. The summed E-state index contributed by atoms with van der Waals surface area (Å²) in [5, 5.41) is 10.7. The molecular formula is C20H26Br2F2N4O4. The summed E-state index contributed by atoms with van der Waals surface area (Å²) in [5.74, 6) is -0.501. The summed E-state index contributed by atoms with van der Waals surface area (Å²) in [6.45, 7) is 2.22. The predicted octanol–water partition coefficient (Wildman–Crippen LogP) is 4.55. The van der Waals surface area contributed by atoms with Crippen LogP contribution in [0.15, 0.2) is 33.2 Å². The Morgan fingerprint density at radius 1 is 0.906 bits per heavy atom. The summed E-state index contributed by atoms with van der Waals surface area (Å²) >= 11 is 6.04. The molecule has 0 bridgehead atoms. The van der Waals surface area contributed by atoms with Crippen LogP contribution in [0.25, 0.3) is 0 Å². The van der Waals surface area contributed by atoms with E-state index in [-0.39, 0.29) is 21.7 Å². The first-order chi connectivity index (χ1) is 14.9. The van der Waals surface area contributed by atoms with Crippen LogP contribution in [0, 0.1) is 21.7 Å². The van der Waals surface area contributed by atoms with E-state index in [9.17, 15) is 18.9 Å². The second-order valence-electron chi connectivity index (χ2n) is 7.10. The SMILES string of the molecule is CN(C)CCOc1cc(Br)c(F)cc1N.CN(C)CCOc1cc(Br)c(F)cc1[N+](=O)[O-]. The molecular weight excluding hydrogens is 558 g/mol. The standard InChI is InChI=1S/C10H12BrFN2O3.C10H14BrFN2O/c1-13(2)3-4-17-10-5-7(11)8(12)6-9(10)14(15)16;1-14(2)3-4-15-10-5-7(11)8(12)6-9(10)13/h5-6H,3-4H2,1-2H3;5-6H,3-4,13H2,1-2H3. The number of likely N-dealkylation sites (N-methyl/N-ethyl adjacent to an activating group) is 2. The van der Waals surface area contributed by atoms with E-state index < -0.39 is 10.7 Å². The van der Waals surface area contributed by atoms with Gasteiger partial charge in [-0.3, -0.25) is 10.1 Å². The highest BCUT2D eigenvalue weighted by molar-refractivity contribution is 9.10. The molecule has 0 amide bonds. The number of halogens is 4. The fraction of sp³-hybridized carbons (Fsp3) is 0.400. The summed E-state index contributed by atoms with van der Waals surface area (Å²) in [7, 11) is 7.62. The summed E-state index contributed by atoms with van der Waals surface area (Å²) in [6.07, 6.45) is 0. The molecule has 2 N–H and O–H groups in total. The van der Waals surface area contributed by atoms with Crippen molar-refractivity contribution in [1.29, 1.82) is 0 Å². The Hall–Kier alpha value is -2.02. The lowest BCUT2D eigenvalue weighted by molar-refractivity contribution is -0.386. The molecule has 12 heteroatoms. The Morgan fingerprint density at radius 3 is 1.81 bits per heavy atom. The van der Waals surface area contributed by atoms with Crippen molar-refractivity contribution in [3.8, 4) is 11.5 Å². The van der Waals surface area contributed by atoms with Gasteiger partial charge in [-0.25, -0.2) is 8.78 Å². The Balaban J connectivity index is 0.000000323. The Bertz CT molecular complexity index is 918. The van der Waals surface area contributed by atoms with Gasteiger partial charge < -0.3 is 25.0 Å². The van der Waals surface area contributed by atoms with Crippen molar-refractivity contribution in [3.05, 3.63) is 55.0 Å². The molecule has 178 valence electrons. The van der Waals surface area contributed by atoms with Gasteiger partial charge in [0.25, 0.3) is 0 Å². The van der Waals surface area contributed by atoms with Crippen molar-refractivity contribution >= 4 is 43.2 Å². The van der Waals surface area contributed by atoms with Gasteiger partial charge in [0.15, 0.2) is 5.75 Å². The van der Waals surface area contributed by atoms with Crippen molar-refractivity contribution in [2.75, 3.05) is 60.2 Å². The summed E-state index contributed by atoms with van der Waals surface area (Å²) in [5.41, 5.74) is 5.55. The maximum absolute atomic E-state index is 13.2. The molecule has 32 heavy (non-hydrogen) atoms. The van der Waals surface area contributed by atoms with Crippen molar-refractivity contribution in [2.24, 2.45) is 0 Å². The molecule has 0 aliphatic carbocycles. The Kier molecular flexibility index (Phi) is 11.8. The van der Waals surface area contributed by atoms with Crippen LogP contribution >= 0.6 is 31.9 Å². The largest absolute Gasteiger partial charge is 0.490 e. The fourth-order valence-electron chi connectivity index (χ4n) is 2.12. The van der Waals surface area contributed by atoms with E-state index in [1.54, 1.807) is 6.07 Å². The number of hydrogen-bond donors (Lipinski definition) is 1. The van der Waals surface area contributed by atoms with Crippen LogP contribution in [0.1, 0.15) is 0 Å². The lowest BCUT2D eigenvalue weighted by atomic mass is 10.3. The second-order valence-corrected chi connectivity index (χ2v) is 8.81. The van der Waals surface area contributed by atoms with Crippen LogP contribution < -0.4 is 15.2 Å². The first-order valence-electron chi connectivity index (χ1n) is 9.35. The van der Waals surface area contributed by atoms with Crippen LogP contribution in [-0.4, -0.2) is 69.2 Å². The number of ether oxygens (including phenoxy) is 2. The number of nitro groups is 1. The average molecular weight is 584 g/mol. The Labute approximate surface area is 202 Å². The lowest BCUT2D eigenvalue weighted by Crippen LogP contribution is -2.19. The number of nitrogen functional groups attached to an aromatic ring is 1. The minimum absolute atomic E-state index is 0.0603. The number of benzene rings is 2. The maximum atomic E-state index is 13.2. The van der Waals surface area contributed by atoms with Crippen molar-refractivity contribution in [3.63, 3.8) is 0 Å². The molecule has 2 aromatic carbocycles. The highest BCUT2D eigenvalue weighted by atomic mass is 79.9. The van der Waals surface area contributed by atoms with Gasteiger partial charge in [0.2, 0.25) is 0 Å². The third-order valence-corrected chi connectivity index (χ3v) is 5.06. The molecule has 0 radical (unpaired) electrons. The number of anilines is 1. The van der Waals surface area contributed by atoms with Gasteiger partial charge in [0.05, 0.1) is 25.6 Å². The molecule has 2 aromatic rings. The second kappa shape index (κ2) is 13.5. The number of nitrogens with two attached hydrogens (primary N) is 1. The summed E-state index contributed by atoms with van der Waals surface area (Å²) in [6, 6.07) is 4.90. The van der Waals surface area contributed by atoms with E-state index in [0.717, 1.165) is 12.6 Å². The maximum Gasteiger partial charge on any atom is 0.313 e. The first kappa shape index (κ1) is 28.0. The molecule has 2 rings (SSSR count). The predicted molar refractivity (Wildman–Crippen MR) is 127 cm³/mol. The van der Waals surface area contributed by atoms with Gasteiger partial charge in [0.1, 0.15) is 30.6 Å². The summed E-state index contributed by atoms with van der Waals surface area (Å²) in [4.78, 5) is 13.9. The minimum Gasteiger partial charge on any atom is -0.490 e. The van der Waals surface area contributed by atoms with Gasteiger partial charge in [-0.05, 0) is 66.1 Å². The zero-order valence-electron chi connectivity index (χ0n) is 18.2. The normalized spacial score (nSPS) is 10.7. The quantitative estimate of drug-likeness (QED) is 0.263. The molecule has 0 heterocycles. The minimum atomic E-state index is -0.684. The monoisotopic (exact) mass is 582 g/mol. The van der Waals surface area contributed by atoms with Gasteiger partial charge in [-0.1, -0.05) is 0 Å². The fourth-order valence-corrected chi connectivity index (χ4v) is 2.77. The first-order valence-corrected chi connectivity index (χ1v) is 10.9. The van der Waals surface area contributed by atoms with Crippen LogP contribution in [0.4, 0.5) is 20.2 Å². The number of rotatable bonds is 9. The van der Waals surface area contributed by atoms with Gasteiger partial charge >= 0.3 is 5.69 Å². The average Bonchev–Trinajstić information content (AvgIpc) is 2.68. The van der Waals surface area contributed by atoms with E-state index in [1.165, 1.54) is 12.1 Å². The van der Waals surface area contributed by atoms with E-state index >= 15 is 0 Å². The molecule has 0 fully saturated rings. The van der Waals surface area contributed by atoms with Gasteiger partial charge in [-0.2, -0.15) is 0 Å². The van der Waals surface area contributed by atoms with Crippen LogP contribution in [-0.2, 0) is 0 Å². The molecule has 0 atom stereocenters. The molecule has 0 aliphatic heterocycles. The molecule has 0 unspecified atom stereocenters.